The molecule has 1 amide bonds. The van der Waals surface area contributed by atoms with Gasteiger partial charge in [0.05, 0.1) is 0 Å². The quantitative estimate of drug-likeness (QED) is 0.101. The molecular formula is C42H61N5O10S. The van der Waals surface area contributed by atoms with Crippen LogP contribution in [-0.4, -0.2) is 121 Å². The fourth-order valence-corrected chi connectivity index (χ4v) is 8.10. The fourth-order valence-electron chi connectivity index (χ4n) is 6.95. The van der Waals surface area contributed by atoms with Crippen molar-refractivity contribution in [2.24, 2.45) is 21.8 Å². The number of aliphatic imine (C=N–C) groups is 2. The monoisotopic (exact) mass is 827 g/mol. The van der Waals surface area contributed by atoms with Crippen LogP contribution in [0.1, 0.15) is 80.2 Å². The van der Waals surface area contributed by atoms with Gasteiger partial charge in [0.25, 0.3) is 0 Å². The largest absolute Gasteiger partial charge is 0.463 e. The second-order valence-electron chi connectivity index (χ2n) is 14.7. The summed E-state index contributed by atoms with van der Waals surface area (Å²) in [6.07, 6.45) is 2.66. The molecule has 1 aromatic heterocycles. The van der Waals surface area contributed by atoms with Gasteiger partial charge >= 0.3 is 23.9 Å². The minimum Gasteiger partial charge on any atom is -0.463 e. The van der Waals surface area contributed by atoms with E-state index in [1.54, 1.807) is 25.2 Å². The zero-order valence-corrected chi connectivity index (χ0v) is 36.7. The molecule has 2 aliphatic rings. The van der Waals surface area contributed by atoms with Gasteiger partial charge in [-0.3, -0.25) is 34.0 Å². The Morgan fingerprint density at radius 3 is 2.21 bits per heavy atom. The van der Waals surface area contributed by atoms with Crippen LogP contribution in [0.5, 0.6) is 0 Å². The number of likely N-dealkylation sites (N-methyl/N-ethyl adjacent to an activating group) is 1. The number of esters is 4. The molecule has 0 spiro atoms. The molecule has 58 heavy (non-hydrogen) atoms. The van der Waals surface area contributed by atoms with Gasteiger partial charge in [-0.15, -0.1) is 11.8 Å². The molecule has 3 rings (SSSR count). The summed E-state index contributed by atoms with van der Waals surface area (Å²) in [5, 5.41) is 5.23. The van der Waals surface area contributed by atoms with Crippen LogP contribution in [0.25, 0.3) is 11.6 Å². The van der Waals surface area contributed by atoms with E-state index in [2.05, 4.69) is 62.1 Å². The Morgan fingerprint density at radius 1 is 0.983 bits per heavy atom. The highest BCUT2D eigenvalue weighted by Crippen LogP contribution is 2.38. The van der Waals surface area contributed by atoms with Gasteiger partial charge in [0.15, 0.2) is 18.3 Å². The van der Waals surface area contributed by atoms with Gasteiger partial charge in [0, 0.05) is 108 Å². The SMILES string of the molecule is C/N=C/C=c1\[nH]/c(=C(/C)C2=N/C(=C\C(NC)=C(C)C)[C@@H](C)[C@@H]2CCC(=O)N(C)CCCS[C@@H]2O[C@H](COC(C)=O)[C@@H](OC(C)=O)[C@H](OC(C)=O)[C@H]2OC(C)=O)cc1C. The summed E-state index contributed by atoms with van der Waals surface area (Å²) in [5.41, 5.74) is 5.31. The summed E-state index contributed by atoms with van der Waals surface area (Å²) in [5.74, 6) is -2.10. The lowest BCUT2D eigenvalue weighted by molar-refractivity contribution is -0.237. The summed E-state index contributed by atoms with van der Waals surface area (Å²) in [7, 11) is 5.40. The van der Waals surface area contributed by atoms with Crippen molar-refractivity contribution in [1.29, 1.82) is 0 Å². The molecule has 16 heteroatoms. The van der Waals surface area contributed by atoms with Crippen LogP contribution in [-0.2, 0) is 47.7 Å². The number of thioether (sulfide) groups is 1. The average molecular weight is 828 g/mol. The first-order valence-electron chi connectivity index (χ1n) is 19.5. The van der Waals surface area contributed by atoms with Crippen LogP contribution in [0, 0.1) is 18.8 Å². The molecule has 0 radical (unpaired) electrons. The lowest BCUT2D eigenvalue weighted by atomic mass is 9.84. The summed E-state index contributed by atoms with van der Waals surface area (Å²) < 4.78 is 28.0. The van der Waals surface area contributed by atoms with E-state index < -0.39 is 53.7 Å². The summed E-state index contributed by atoms with van der Waals surface area (Å²) in [6, 6.07) is 2.12. The first kappa shape index (κ1) is 47.7. The van der Waals surface area contributed by atoms with Crippen molar-refractivity contribution in [1.82, 2.24) is 15.2 Å². The number of hydrogen-bond acceptors (Lipinski definition) is 14. The Labute approximate surface area is 345 Å². The highest BCUT2D eigenvalue weighted by molar-refractivity contribution is 7.99. The number of ether oxygens (including phenoxy) is 5. The van der Waals surface area contributed by atoms with Crippen molar-refractivity contribution in [2.45, 2.75) is 111 Å². The molecule has 0 aromatic carbocycles. The van der Waals surface area contributed by atoms with Crippen LogP contribution in [0.15, 0.2) is 39.1 Å². The maximum Gasteiger partial charge on any atom is 0.303 e. The van der Waals surface area contributed by atoms with E-state index in [0.717, 1.165) is 44.5 Å². The van der Waals surface area contributed by atoms with Gasteiger partial charge in [-0.1, -0.05) is 12.5 Å². The number of aromatic amines is 1. The molecule has 3 heterocycles. The lowest BCUT2D eigenvalue weighted by Gasteiger charge is -2.44. The van der Waals surface area contributed by atoms with E-state index in [4.69, 9.17) is 28.7 Å². The molecule has 2 N–H and O–H groups in total. The Morgan fingerprint density at radius 2 is 1.62 bits per heavy atom. The maximum atomic E-state index is 13.6. The number of carbonyl (C=O) groups excluding carboxylic acids is 5. The predicted molar refractivity (Wildman–Crippen MR) is 224 cm³/mol. The number of amides is 1. The van der Waals surface area contributed by atoms with Gasteiger partial charge < -0.3 is 38.9 Å². The number of rotatable bonds is 17. The molecule has 0 unspecified atom stereocenters. The number of nitrogens with zero attached hydrogens (tertiary/aromatic N) is 3. The average Bonchev–Trinajstić information content (AvgIpc) is 3.68. The molecule has 1 fully saturated rings. The number of H-pyrrole nitrogens is 1. The highest BCUT2D eigenvalue weighted by Gasteiger charge is 2.52. The second-order valence-corrected chi connectivity index (χ2v) is 16.0. The predicted octanol–water partition coefficient (Wildman–Crippen LogP) is 3.52. The Bertz CT molecular complexity index is 1910. The minimum atomic E-state index is -1.23. The third-order valence-electron chi connectivity index (χ3n) is 9.97. The summed E-state index contributed by atoms with van der Waals surface area (Å²) >= 11 is 1.29. The summed E-state index contributed by atoms with van der Waals surface area (Å²) in [6.45, 7) is 15.3. The standard InChI is InChI=1S/C42H61N5O10S/c1-23(2)33(44-11)21-35-25(4)31(38(46-35)26(5)34-20-24(3)32(45-34)16-17-43-10)14-15-37(52)47(12)18-13-19-58-42-41(56-30(9)51)40(55-29(8)50)39(54-28(7)49)36(57-42)22-53-27(6)48/h16-17,20-21,25,31,36,39-42,44-45H,13-15,18-19,22H2,1-12H3/b32-16-,34-26-,35-21-,43-17+/t25-,31-,36+,39+,40-,41+,42-/m0/s1. The van der Waals surface area contributed by atoms with Crippen LogP contribution in [0.2, 0.25) is 0 Å². The van der Waals surface area contributed by atoms with Crippen molar-refractivity contribution in [3.63, 3.8) is 0 Å². The van der Waals surface area contributed by atoms with Crippen molar-refractivity contribution >= 4 is 65.1 Å². The summed E-state index contributed by atoms with van der Waals surface area (Å²) in [4.78, 5) is 76.2. The number of aryl methyl sites for hydroxylation is 1. The van der Waals surface area contributed by atoms with Crippen LogP contribution in [0.3, 0.4) is 0 Å². The number of carbonyl (C=O) groups is 5. The molecule has 0 aliphatic carbocycles. The molecule has 1 saturated heterocycles. The van der Waals surface area contributed by atoms with Crippen molar-refractivity contribution in [3.05, 3.63) is 45.4 Å². The van der Waals surface area contributed by atoms with Crippen LogP contribution in [0.4, 0.5) is 0 Å². The lowest BCUT2D eigenvalue weighted by Crippen LogP contribution is -2.61. The fraction of sp³-hybridized carbons (Fsp3) is 0.595. The zero-order valence-electron chi connectivity index (χ0n) is 35.9. The second kappa shape index (κ2) is 22.4. The molecule has 7 atom stereocenters. The van der Waals surface area contributed by atoms with Gasteiger partial charge in [-0.25, -0.2) is 0 Å². The van der Waals surface area contributed by atoms with Crippen molar-refractivity contribution in [2.75, 3.05) is 40.0 Å². The van der Waals surface area contributed by atoms with Gasteiger partial charge in [-0.05, 0) is 75.6 Å². The van der Waals surface area contributed by atoms with Gasteiger partial charge in [-0.2, -0.15) is 0 Å². The molecule has 0 bridgehead atoms. The Balaban J connectivity index is 1.76. The topological polar surface area (TPSA) is 187 Å². The first-order chi connectivity index (χ1) is 27.4. The molecule has 1 aromatic rings. The van der Waals surface area contributed by atoms with E-state index in [-0.39, 0.29) is 24.3 Å². The molecule has 15 nitrogen and oxygen atoms in total. The highest BCUT2D eigenvalue weighted by atomic mass is 32.2. The van der Waals surface area contributed by atoms with E-state index >= 15 is 0 Å². The maximum absolute atomic E-state index is 13.6. The van der Waals surface area contributed by atoms with Crippen LogP contribution < -0.4 is 16.0 Å². The molecular weight excluding hydrogens is 767 g/mol. The molecule has 0 saturated carbocycles. The van der Waals surface area contributed by atoms with Gasteiger partial charge in [0.2, 0.25) is 5.91 Å². The van der Waals surface area contributed by atoms with Crippen molar-refractivity contribution in [3.8, 4) is 0 Å². The number of hydrogen-bond donors (Lipinski definition) is 2. The normalized spacial score (nSPS) is 24.6. The third kappa shape index (κ3) is 13.4. The van der Waals surface area contributed by atoms with E-state index in [1.165, 1.54) is 39.5 Å². The number of allylic oxidation sites excluding steroid dienone is 3. The number of aromatic nitrogens is 1. The smallest absolute Gasteiger partial charge is 0.303 e. The Kier molecular flexibility index (Phi) is 18.5. The zero-order chi connectivity index (χ0) is 43.3. The first-order valence-corrected chi connectivity index (χ1v) is 20.5. The minimum absolute atomic E-state index is 0.00484. The molecule has 2 aliphatic heterocycles. The van der Waals surface area contributed by atoms with Crippen molar-refractivity contribution < 1.29 is 47.7 Å². The molecule has 320 valence electrons. The number of nitrogens with one attached hydrogen (secondary N) is 2. The van der Waals surface area contributed by atoms with Gasteiger partial charge in [0.1, 0.15) is 18.1 Å². The van der Waals surface area contributed by atoms with E-state index in [1.807, 2.05) is 13.1 Å². The van der Waals surface area contributed by atoms with E-state index in [0.29, 0.717) is 31.6 Å². The third-order valence-corrected chi connectivity index (χ3v) is 11.2. The Hall–Kier alpha value is -4.70. The van der Waals surface area contributed by atoms with Crippen LogP contribution >= 0.6 is 11.8 Å². The van der Waals surface area contributed by atoms with E-state index in [9.17, 15) is 24.0 Å².